The molecule has 2 fully saturated rings. The highest BCUT2D eigenvalue weighted by Crippen LogP contribution is 2.31. The molecular weight excluding hydrogens is 438 g/mol. The first-order valence-corrected chi connectivity index (χ1v) is 12.0. The fraction of sp³-hybridized carbons (Fsp3) is 0.625. The number of aromatic nitrogens is 4. The molecule has 2 aliphatic carbocycles. The van der Waals surface area contributed by atoms with Gasteiger partial charge in [0.05, 0.1) is 23.4 Å². The predicted octanol–water partition coefficient (Wildman–Crippen LogP) is 3.58. The molecular formula is C24H33N5O5. The Morgan fingerprint density at radius 3 is 2.65 bits per heavy atom. The van der Waals surface area contributed by atoms with Crippen molar-refractivity contribution >= 4 is 12.1 Å². The average Bonchev–Trinajstić information content (AvgIpc) is 3.16. The summed E-state index contributed by atoms with van der Waals surface area (Å²) in [6.45, 7) is 2.61. The van der Waals surface area contributed by atoms with Gasteiger partial charge >= 0.3 is 12.1 Å². The molecule has 2 heterocycles. The van der Waals surface area contributed by atoms with Crippen LogP contribution in [0.4, 0.5) is 4.79 Å². The maximum absolute atomic E-state index is 12.4. The van der Waals surface area contributed by atoms with Gasteiger partial charge in [-0.2, -0.15) is 0 Å². The van der Waals surface area contributed by atoms with Crippen LogP contribution in [0.1, 0.15) is 56.3 Å². The third kappa shape index (κ3) is 5.48. The first-order valence-electron chi connectivity index (χ1n) is 12.0. The summed E-state index contributed by atoms with van der Waals surface area (Å²) in [6.07, 6.45) is 5.94. The lowest BCUT2D eigenvalue weighted by atomic mass is 9.85. The summed E-state index contributed by atoms with van der Waals surface area (Å²) in [7, 11) is 3.52. The fourth-order valence-corrected chi connectivity index (χ4v) is 4.58. The summed E-state index contributed by atoms with van der Waals surface area (Å²) in [6, 6.07) is 3.64. The molecule has 10 nitrogen and oxygen atoms in total. The van der Waals surface area contributed by atoms with Crippen molar-refractivity contribution in [3.63, 3.8) is 0 Å². The largest absolute Gasteiger partial charge is 0.489 e. The first-order chi connectivity index (χ1) is 16.3. The number of rotatable bonds is 8. The van der Waals surface area contributed by atoms with Crippen molar-refractivity contribution in [2.24, 2.45) is 18.9 Å². The molecule has 1 N–H and O–H groups in total. The highest BCUT2D eigenvalue weighted by atomic mass is 16.6. The van der Waals surface area contributed by atoms with Crippen LogP contribution in [0.2, 0.25) is 0 Å². The number of carboxylic acids is 1. The molecule has 0 bridgehead atoms. The molecule has 2 aliphatic rings. The van der Waals surface area contributed by atoms with Crippen molar-refractivity contribution in [1.82, 2.24) is 24.9 Å². The summed E-state index contributed by atoms with van der Waals surface area (Å²) < 4.78 is 13.2. The first kappa shape index (κ1) is 24.0. The number of pyridine rings is 1. The van der Waals surface area contributed by atoms with Gasteiger partial charge in [0.15, 0.2) is 0 Å². The summed E-state index contributed by atoms with van der Waals surface area (Å²) in [4.78, 5) is 30.0. The maximum atomic E-state index is 12.4. The minimum absolute atomic E-state index is 0.0459. The average molecular weight is 472 g/mol. The lowest BCUT2D eigenvalue weighted by molar-refractivity contribution is -0.143. The van der Waals surface area contributed by atoms with E-state index in [-0.39, 0.29) is 24.7 Å². The number of hydrogen-bond donors (Lipinski definition) is 1. The number of amides is 1. The van der Waals surface area contributed by atoms with Gasteiger partial charge in [0.25, 0.3) is 0 Å². The summed E-state index contributed by atoms with van der Waals surface area (Å²) in [5.74, 6) is 0.0878. The molecule has 1 amide bonds. The van der Waals surface area contributed by atoms with E-state index in [1.54, 1.807) is 29.7 Å². The molecule has 2 aromatic rings. The molecule has 0 unspecified atom stereocenters. The van der Waals surface area contributed by atoms with E-state index in [0.717, 1.165) is 12.8 Å². The zero-order valence-electron chi connectivity index (χ0n) is 20.1. The molecule has 2 atom stereocenters. The predicted molar refractivity (Wildman–Crippen MR) is 123 cm³/mol. The maximum Gasteiger partial charge on any atom is 0.409 e. The molecule has 10 heteroatoms. The number of carbonyl (C=O) groups is 2. The minimum Gasteiger partial charge on any atom is -0.489 e. The molecule has 2 aromatic heterocycles. The Hall–Kier alpha value is -3.17. The van der Waals surface area contributed by atoms with Gasteiger partial charge < -0.3 is 19.5 Å². The van der Waals surface area contributed by atoms with Crippen molar-refractivity contribution < 1.29 is 24.2 Å². The second kappa shape index (κ2) is 10.4. The van der Waals surface area contributed by atoms with Crippen molar-refractivity contribution in [2.75, 3.05) is 13.6 Å². The van der Waals surface area contributed by atoms with Gasteiger partial charge in [-0.3, -0.25) is 4.79 Å². The summed E-state index contributed by atoms with van der Waals surface area (Å²) >= 11 is 0. The molecule has 4 rings (SSSR count). The molecule has 184 valence electrons. The van der Waals surface area contributed by atoms with Gasteiger partial charge in [-0.05, 0) is 63.5 Å². The van der Waals surface area contributed by atoms with Gasteiger partial charge in [-0.15, -0.1) is 5.10 Å². The van der Waals surface area contributed by atoms with E-state index in [0.29, 0.717) is 53.8 Å². The van der Waals surface area contributed by atoms with Crippen molar-refractivity contribution in [3.8, 4) is 17.1 Å². The van der Waals surface area contributed by atoms with Crippen LogP contribution in [-0.2, 0) is 23.2 Å². The molecule has 0 radical (unpaired) electrons. The number of ether oxygens (including phenoxy) is 2. The summed E-state index contributed by atoms with van der Waals surface area (Å²) in [5, 5.41) is 17.6. The zero-order valence-corrected chi connectivity index (χ0v) is 20.1. The van der Waals surface area contributed by atoms with E-state index in [9.17, 15) is 14.7 Å². The van der Waals surface area contributed by atoms with Gasteiger partial charge in [-0.25, -0.2) is 14.5 Å². The highest BCUT2D eigenvalue weighted by molar-refractivity contribution is 5.70. The van der Waals surface area contributed by atoms with Crippen LogP contribution in [0.3, 0.4) is 0 Å². The van der Waals surface area contributed by atoms with E-state index in [4.69, 9.17) is 9.47 Å². The van der Waals surface area contributed by atoms with E-state index in [1.807, 2.05) is 13.0 Å². The second-order valence-corrected chi connectivity index (χ2v) is 9.46. The number of carboxylic acid groups (broad SMARTS) is 1. The Labute approximate surface area is 199 Å². The Morgan fingerprint density at radius 2 is 1.97 bits per heavy atom. The van der Waals surface area contributed by atoms with Crippen LogP contribution in [0.25, 0.3) is 11.4 Å². The van der Waals surface area contributed by atoms with Crippen molar-refractivity contribution in [1.29, 1.82) is 0 Å². The van der Waals surface area contributed by atoms with Crippen molar-refractivity contribution in [3.05, 3.63) is 23.5 Å². The topological polar surface area (TPSA) is 120 Å². The Balaban J connectivity index is 1.41. The van der Waals surface area contributed by atoms with Crippen molar-refractivity contribution in [2.45, 2.75) is 64.6 Å². The van der Waals surface area contributed by atoms with Crippen LogP contribution in [0.5, 0.6) is 5.75 Å². The van der Waals surface area contributed by atoms with E-state index >= 15 is 0 Å². The monoisotopic (exact) mass is 471 g/mol. The van der Waals surface area contributed by atoms with E-state index in [1.165, 1.54) is 19.3 Å². The number of aliphatic carboxylic acids is 1. The fourth-order valence-electron chi connectivity index (χ4n) is 4.58. The number of aryl methyl sites for hydroxylation is 2. The van der Waals surface area contributed by atoms with Crippen LogP contribution in [-0.4, -0.2) is 61.7 Å². The molecule has 0 saturated heterocycles. The molecule has 0 aromatic carbocycles. The van der Waals surface area contributed by atoms with Crippen LogP contribution in [0, 0.1) is 18.8 Å². The van der Waals surface area contributed by atoms with Crippen LogP contribution in [0.15, 0.2) is 12.1 Å². The summed E-state index contributed by atoms with van der Waals surface area (Å²) in [5.41, 5.74) is 2.50. The lowest BCUT2D eigenvalue weighted by Gasteiger charge is -2.29. The Kier molecular flexibility index (Phi) is 7.33. The molecule has 34 heavy (non-hydrogen) atoms. The third-order valence-electron chi connectivity index (χ3n) is 6.89. The van der Waals surface area contributed by atoms with E-state index in [2.05, 4.69) is 15.3 Å². The quantitative estimate of drug-likeness (QED) is 0.620. The molecule has 2 saturated carbocycles. The normalized spacial score (nSPS) is 20.4. The van der Waals surface area contributed by atoms with Gasteiger partial charge in [-0.1, -0.05) is 11.6 Å². The number of carbonyl (C=O) groups excluding carboxylic acids is 1. The SMILES string of the molecule is Cc1nc(-c2nnn(C)c2COC(=O)N(C)CC2CCC2)ccc1O[C@H]1CCC[C@H](C(=O)O)C1. The Morgan fingerprint density at radius 1 is 1.21 bits per heavy atom. The van der Waals surface area contributed by atoms with Crippen LogP contribution >= 0.6 is 0 Å². The second-order valence-electron chi connectivity index (χ2n) is 9.46. The Bertz CT molecular complexity index is 1030. The molecule has 0 spiro atoms. The smallest absolute Gasteiger partial charge is 0.409 e. The number of nitrogens with zero attached hydrogens (tertiary/aromatic N) is 5. The standard InChI is InChI=1S/C24H33N5O5/c1-15-21(34-18-9-5-8-17(12-18)23(30)31)11-10-19(25-15)22-20(29(3)27-26-22)14-33-24(32)28(2)13-16-6-4-7-16/h10-11,16-18H,4-9,12-14H2,1-3H3,(H,30,31)/t17-,18-/m0/s1. The van der Waals surface area contributed by atoms with Gasteiger partial charge in [0.2, 0.25) is 0 Å². The highest BCUT2D eigenvalue weighted by Gasteiger charge is 2.29. The van der Waals surface area contributed by atoms with Gasteiger partial charge in [0, 0.05) is 20.6 Å². The van der Waals surface area contributed by atoms with Crippen LogP contribution < -0.4 is 4.74 Å². The van der Waals surface area contributed by atoms with E-state index < -0.39 is 5.97 Å². The molecule has 0 aliphatic heterocycles. The third-order valence-corrected chi connectivity index (χ3v) is 6.89. The minimum atomic E-state index is -0.761. The number of hydrogen-bond acceptors (Lipinski definition) is 7. The zero-order chi connectivity index (χ0) is 24.2. The van der Waals surface area contributed by atoms with Gasteiger partial charge in [0.1, 0.15) is 23.7 Å². The lowest BCUT2D eigenvalue weighted by Crippen LogP contribution is -2.34.